The van der Waals surface area contributed by atoms with Crippen molar-refractivity contribution in [3.05, 3.63) is 78.6 Å². The number of carbonyl (C=O) groups excluding carboxylic acids is 1. The van der Waals surface area contributed by atoms with Crippen LogP contribution in [-0.2, 0) is 4.79 Å². The number of nitrogens with one attached hydrogen (secondary N) is 1. The summed E-state index contributed by atoms with van der Waals surface area (Å²) in [5.74, 6) is 1.69. The van der Waals surface area contributed by atoms with Gasteiger partial charge in [0.05, 0.1) is 23.7 Å². The van der Waals surface area contributed by atoms with Gasteiger partial charge in [0.2, 0.25) is 5.91 Å². The van der Waals surface area contributed by atoms with Crippen molar-refractivity contribution in [1.29, 1.82) is 0 Å². The molecule has 0 saturated carbocycles. The molecule has 0 aliphatic rings. The van der Waals surface area contributed by atoms with Crippen LogP contribution in [-0.4, -0.2) is 38.0 Å². The van der Waals surface area contributed by atoms with Crippen molar-refractivity contribution in [2.45, 2.75) is 38.3 Å². The Morgan fingerprint density at radius 1 is 1.06 bits per heavy atom. The third-order valence-electron chi connectivity index (χ3n) is 5.31. The van der Waals surface area contributed by atoms with Gasteiger partial charge in [-0.1, -0.05) is 62.9 Å². The summed E-state index contributed by atoms with van der Waals surface area (Å²) in [5, 5.41) is 12.5. The van der Waals surface area contributed by atoms with Crippen LogP contribution >= 0.6 is 11.8 Å². The summed E-state index contributed by atoms with van der Waals surface area (Å²) in [6.07, 6.45) is 4.39. The first-order chi connectivity index (χ1) is 17.1. The van der Waals surface area contributed by atoms with Gasteiger partial charge in [0.15, 0.2) is 11.0 Å². The topological polar surface area (TPSA) is 81.9 Å². The second-order valence-corrected chi connectivity index (χ2v) is 9.22. The van der Waals surface area contributed by atoms with Gasteiger partial charge < -0.3 is 10.1 Å². The van der Waals surface area contributed by atoms with Crippen molar-refractivity contribution in [2.24, 2.45) is 0 Å². The number of ether oxygens (including phenoxy) is 1. The second-order valence-electron chi connectivity index (χ2n) is 8.28. The first kappa shape index (κ1) is 24.5. The number of hydrogen-bond acceptors (Lipinski definition) is 6. The van der Waals surface area contributed by atoms with E-state index in [-0.39, 0.29) is 11.7 Å². The Hall–Kier alpha value is -3.65. The van der Waals surface area contributed by atoms with Gasteiger partial charge in [0.25, 0.3) is 0 Å². The average Bonchev–Trinajstić information content (AvgIpc) is 3.31. The van der Waals surface area contributed by atoms with Gasteiger partial charge in [-0.2, -0.15) is 0 Å². The van der Waals surface area contributed by atoms with Gasteiger partial charge in [0.1, 0.15) is 5.75 Å². The Kier molecular flexibility index (Phi) is 8.15. The van der Waals surface area contributed by atoms with Gasteiger partial charge >= 0.3 is 0 Å². The van der Waals surface area contributed by atoms with E-state index < -0.39 is 0 Å². The summed E-state index contributed by atoms with van der Waals surface area (Å²) in [6, 6.07) is 19.5. The van der Waals surface area contributed by atoms with Crippen LogP contribution in [0.4, 0.5) is 5.69 Å². The normalized spacial score (nSPS) is 11.0. The highest BCUT2D eigenvalue weighted by Gasteiger charge is 2.20. The van der Waals surface area contributed by atoms with E-state index in [1.807, 2.05) is 60.0 Å². The monoisotopic (exact) mass is 487 g/mol. The number of pyridine rings is 1. The predicted octanol–water partition coefficient (Wildman–Crippen LogP) is 5.97. The van der Waals surface area contributed by atoms with Crippen LogP contribution in [0.1, 0.15) is 38.7 Å². The van der Waals surface area contributed by atoms with Crippen molar-refractivity contribution in [3.8, 4) is 22.8 Å². The fourth-order valence-corrected chi connectivity index (χ4v) is 4.41. The lowest BCUT2D eigenvalue weighted by Crippen LogP contribution is -2.15. The molecule has 0 atom stereocenters. The summed E-state index contributed by atoms with van der Waals surface area (Å²) >= 11 is 1.34. The molecule has 0 fully saturated rings. The summed E-state index contributed by atoms with van der Waals surface area (Å²) in [5.41, 5.74) is 3.68. The highest BCUT2D eigenvalue weighted by molar-refractivity contribution is 7.99. The Balaban J connectivity index is 1.61. The molecule has 2 aromatic heterocycles. The molecule has 35 heavy (non-hydrogen) atoms. The van der Waals surface area contributed by atoms with E-state index >= 15 is 0 Å². The second kappa shape index (κ2) is 11.7. The molecule has 180 valence electrons. The third kappa shape index (κ3) is 5.89. The number of thioether (sulfide) groups is 1. The maximum absolute atomic E-state index is 12.9. The van der Waals surface area contributed by atoms with Crippen LogP contribution in [0.2, 0.25) is 0 Å². The number of amides is 1. The maximum Gasteiger partial charge on any atom is 0.234 e. The number of benzene rings is 2. The lowest BCUT2D eigenvalue weighted by Gasteiger charge is -2.17. The van der Waals surface area contributed by atoms with E-state index in [2.05, 4.69) is 46.5 Å². The largest absolute Gasteiger partial charge is 0.491 e. The summed E-state index contributed by atoms with van der Waals surface area (Å²) < 4.78 is 7.78. The van der Waals surface area contributed by atoms with E-state index in [1.165, 1.54) is 17.3 Å². The Labute approximate surface area is 210 Å². The minimum absolute atomic E-state index is 0.142. The predicted molar refractivity (Wildman–Crippen MR) is 140 cm³/mol. The molecule has 1 N–H and O–H groups in total. The zero-order valence-corrected chi connectivity index (χ0v) is 21.0. The van der Waals surface area contributed by atoms with Crippen LogP contribution in [0.25, 0.3) is 17.1 Å². The van der Waals surface area contributed by atoms with E-state index in [9.17, 15) is 4.79 Å². The zero-order chi connectivity index (χ0) is 24.6. The number of aromatic nitrogens is 4. The van der Waals surface area contributed by atoms with Crippen molar-refractivity contribution in [3.63, 3.8) is 0 Å². The molecular weight excluding hydrogens is 458 g/mol. The van der Waals surface area contributed by atoms with Crippen molar-refractivity contribution >= 4 is 23.4 Å². The van der Waals surface area contributed by atoms with E-state index in [0.29, 0.717) is 34.9 Å². The average molecular weight is 488 g/mol. The molecule has 7 nitrogen and oxygen atoms in total. The number of rotatable bonds is 10. The van der Waals surface area contributed by atoms with Gasteiger partial charge in [-0.3, -0.25) is 14.3 Å². The van der Waals surface area contributed by atoms with E-state index in [1.54, 1.807) is 12.4 Å². The molecule has 8 heteroatoms. The van der Waals surface area contributed by atoms with Crippen molar-refractivity contribution in [1.82, 2.24) is 19.7 Å². The van der Waals surface area contributed by atoms with Gasteiger partial charge in [-0.05, 0) is 48.2 Å². The molecule has 2 heterocycles. The van der Waals surface area contributed by atoms with Crippen LogP contribution in [0.5, 0.6) is 5.75 Å². The molecule has 0 unspecified atom stereocenters. The smallest absolute Gasteiger partial charge is 0.234 e. The molecule has 2 aromatic carbocycles. The molecule has 0 aliphatic heterocycles. The van der Waals surface area contributed by atoms with Crippen LogP contribution in [0.3, 0.4) is 0 Å². The first-order valence-electron chi connectivity index (χ1n) is 11.7. The number of hydrogen-bond donors (Lipinski definition) is 1. The SMILES string of the molecule is CCCOc1ccccc1NC(=O)CSc1nnc(-c2cccnc2)n1-c1ccccc1C(C)C. The van der Waals surface area contributed by atoms with Gasteiger partial charge in [0, 0.05) is 18.0 Å². The minimum atomic E-state index is -0.142. The number of nitrogens with zero attached hydrogens (tertiary/aromatic N) is 4. The minimum Gasteiger partial charge on any atom is -0.491 e. The first-order valence-corrected chi connectivity index (χ1v) is 12.7. The number of carbonyl (C=O) groups is 1. The maximum atomic E-state index is 12.9. The Morgan fingerprint density at radius 3 is 2.63 bits per heavy atom. The molecular formula is C27H29N5O2S. The van der Waals surface area contributed by atoms with Crippen molar-refractivity contribution in [2.75, 3.05) is 17.7 Å². The fourth-order valence-electron chi connectivity index (χ4n) is 3.67. The number of anilines is 1. The fraction of sp³-hybridized carbons (Fsp3) is 0.259. The molecule has 4 rings (SSSR count). The lowest BCUT2D eigenvalue weighted by atomic mass is 10.0. The van der Waals surface area contributed by atoms with Crippen LogP contribution in [0.15, 0.2) is 78.2 Å². The highest BCUT2D eigenvalue weighted by atomic mass is 32.2. The molecule has 1 amide bonds. The van der Waals surface area contributed by atoms with Crippen LogP contribution in [0, 0.1) is 0 Å². The quantitative estimate of drug-likeness (QED) is 0.278. The van der Waals surface area contributed by atoms with Crippen LogP contribution < -0.4 is 10.1 Å². The lowest BCUT2D eigenvalue weighted by molar-refractivity contribution is -0.113. The summed E-state index contributed by atoms with van der Waals surface area (Å²) in [4.78, 5) is 17.1. The van der Waals surface area contributed by atoms with Gasteiger partial charge in [-0.15, -0.1) is 10.2 Å². The Bertz CT molecular complexity index is 1270. The number of para-hydroxylation sites is 3. The third-order valence-corrected chi connectivity index (χ3v) is 6.24. The molecule has 0 bridgehead atoms. The van der Waals surface area contributed by atoms with E-state index in [0.717, 1.165) is 17.7 Å². The zero-order valence-electron chi connectivity index (χ0n) is 20.1. The molecule has 4 aromatic rings. The molecule has 0 aliphatic carbocycles. The molecule has 0 radical (unpaired) electrons. The van der Waals surface area contributed by atoms with E-state index in [4.69, 9.17) is 4.74 Å². The van der Waals surface area contributed by atoms with Crippen molar-refractivity contribution < 1.29 is 9.53 Å². The highest BCUT2D eigenvalue weighted by Crippen LogP contribution is 2.32. The summed E-state index contributed by atoms with van der Waals surface area (Å²) in [7, 11) is 0. The Morgan fingerprint density at radius 2 is 1.86 bits per heavy atom. The van der Waals surface area contributed by atoms with Gasteiger partial charge in [-0.25, -0.2) is 0 Å². The molecule has 0 saturated heterocycles. The summed E-state index contributed by atoms with van der Waals surface area (Å²) in [6.45, 7) is 6.96. The standard InChI is InChI=1S/C27H29N5O2S/c1-4-16-34-24-14-8-6-12-22(24)29-25(33)18-35-27-31-30-26(20-10-9-15-28-17-20)32(27)23-13-7-5-11-21(23)19(2)3/h5-15,17,19H,4,16,18H2,1-3H3,(H,29,33). The molecule has 0 spiro atoms.